The predicted octanol–water partition coefficient (Wildman–Crippen LogP) is 3.94. The van der Waals surface area contributed by atoms with Crippen LogP contribution in [0.15, 0.2) is 0 Å². The van der Waals surface area contributed by atoms with Gasteiger partial charge in [-0.05, 0) is 79.3 Å². The van der Waals surface area contributed by atoms with Crippen LogP contribution >= 0.6 is 0 Å². The van der Waals surface area contributed by atoms with E-state index in [0.717, 1.165) is 11.8 Å². The molecule has 0 aromatic carbocycles. The molecule has 2 rings (SSSR count). The molecule has 0 bridgehead atoms. The van der Waals surface area contributed by atoms with Crippen LogP contribution in [0.4, 0.5) is 0 Å². The van der Waals surface area contributed by atoms with Gasteiger partial charge in [0.25, 0.3) is 0 Å². The van der Waals surface area contributed by atoms with Crippen LogP contribution < -0.4 is 0 Å². The average Bonchev–Trinajstić information content (AvgIpc) is 2.54. The highest BCUT2D eigenvalue weighted by Gasteiger charge is 2.46. The molecule has 0 saturated carbocycles. The van der Waals surface area contributed by atoms with Crippen LogP contribution in [0.2, 0.25) is 0 Å². The molecule has 2 aliphatic rings. The summed E-state index contributed by atoms with van der Waals surface area (Å²) in [4.78, 5) is 8.15. The van der Waals surface area contributed by atoms with Gasteiger partial charge < -0.3 is 0 Å². The Labute approximate surface area is 151 Å². The van der Waals surface area contributed by atoms with E-state index in [4.69, 9.17) is 0 Å². The molecule has 2 fully saturated rings. The summed E-state index contributed by atoms with van der Waals surface area (Å²) in [6, 6.07) is 0.679. The molecule has 0 aromatic rings. The fraction of sp³-hybridized carbons (Fsp3) is 1.00. The molecule has 0 unspecified atom stereocenters. The van der Waals surface area contributed by atoms with Crippen molar-refractivity contribution in [2.75, 3.05) is 39.3 Å². The van der Waals surface area contributed by atoms with Gasteiger partial charge in [-0.1, -0.05) is 13.8 Å². The topological polar surface area (TPSA) is 9.72 Å². The Morgan fingerprint density at radius 3 is 1.46 bits per heavy atom. The molecule has 2 heterocycles. The third kappa shape index (κ3) is 3.99. The van der Waals surface area contributed by atoms with E-state index in [0.29, 0.717) is 6.04 Å². The molecule has 24 heavy (non-hydrogen) atoms. The third-order valence-corrected chi connectivity index (χ3v) is 7.61. The molecule has 0 aliphatic carbocycles. The molecule has 3 heteroatoms. The van der Waals surface area contributed by atoms with E-state index in [1.54, 1.807) is 0 Å². The fourth-order valence-electron chi connectivity index (χ4n) is 4.70. The van der Waals surface area contributed by atoms with Crippen LogP contribution in [0.5, 0.6) is 0 Å². The van der Waals surface area contributed by atoms with Gasteiger partial charge in [0.1, 0.15) is 0 Å². The number of piperidine rings is 1. The number of likely N-dealkylation sites (tertiary alicyclic amines) is 1. The molecular formula is C21H43N3. The van der Waals surface area contributed by atoms with E-state index >= 15 is 0 Å². The number of hydrogen-bond acceptors (Lipinski definition) is 3. The van der Waals surface area contributed by atoms with Crippen LogP contribution in [-0.4, -0.2) is 71.1 Å². The van der Waals surface area contributed by atoms with E-state index in [9.17, 15) is 0 Å². The zero-order chi connectivity index (χ0) is 18.1. The number of rotatable bonds is 5. The van der Waals surface area contributed by atoms with Crippen molar-refractivity contribution < 1.29 is 0 Å². The van der Waals surface area contributed by atoms with E-state index in [1.165, 1.54) is 52.1 Å². The monoisotopic (exact) mass is 337 g/mol. The molecular weight excluding hydrogens is 294 g/mol. The quantitative estimate of drug-likeness (QED) is 0.752. The first-order valence-electron chi connectivity index (χ1n) is 10.3. The van der Waals surface area contributed by atoms with Crippen molar-refractivity contribution in [2.24, 2.45) is 11.8 Å². The lowest BCUT2D eigenvalue weighted by molar-refractivity contribution is -0.0692. The van der Waals surface area contributed by atoms with Gasteiger partial charge in [0, 0.05) is 43.3 Å². The molecule has 0 N–H and O–H groups in total. The largest absolute Gasteiger partial charge is 0.298 e. The number of piperazine rings is 1. The first-order chi connectivity index (χ1) is 11.1. The summed E-state index contributed by atoms with van der Waals surface area (Å²) in [6.07, 6.45) is 2.75. The van der Waals surface area contributed by atoms with Crippen molar-refractivity contribution in [2.45, 2.75) is 85.4 Å². The van der Waals surface area contributed by atoms with Crippen molar-refractivity contribution in [3.63, 3.8) is 0 Å². The minimum absolute atomic E-state index is 0.209. The highest BCUT2D eigenvalue weighted by Crippen LogP contribution is 2.37. The standard InChI is InChI=1S/C21H43N3/c1-17(2)19-9-11-23(12-10-19)20(5,6)21(7,8)24-15-13-22(14-16-24)18(3)4/h17-19H,9-16H2,1-8H3. The van der Waals surface area contributed by atoms with Gasteiger partial charge in [-0.15, -0.1) is 0 Å². The van der Waals surface area contributed by atoms with Crippen molar-refractivity contribution in [3.8, 4) is 0 Å². The lowest BCUT2D eigenvalue weighted by Gasteiger charge is -2.57. The first-order valence-corrected chi connectivity index (χ1v) is 10.3. The van der Waals surface area contributed by atoms with Crippen molar-refractivity contribution in [1.82, 2.24) is 14.7 Å². The van der Waals surface area contributed by atoms with Gasteiger partial charge >= 0.3 is 0 Å². The maximum absolute atomic E-state index is 2.78. The molecule has 0 aromatic heterocycles. The summed E-state index contributed by atoms with van der Waals surface area (Å²) in [5.74, 6) is 1.77. The van der Waals surface area contributed by atoms with Gasteiger partial charge in [-0.2, -0.15) is 0 Å². The second-order valence-electron chi connectivity index (χ2n) is 9.80. The van der Waals surface area contributed by atoms with Gasteiger partial charge in [0.2, 0.25) is 0 Å². The van der Waals surface area contributed by atoms with Crippen LogP contribution in [0.1, 0.15) is 68.2 Å². The Hall–Kier alpha value is -0.120. The zero-order valence-electron chi connectivity index (χ0n) is 17.7. The maximum Gasteiger partial charge on any atom is 0.0332 e. The maximum atomic E-state index is 2.78. The van der Waals surface area contributed by atoms with Crippen molar-refractivity contribution in [3.05, 3.63) is 0 Å². The highest BCUT2D eigenvalue weighted by atomic mass is 15.3. The van der Waals surface area contributed by atoms with E-state index < -0.39 is 0 Å². The molecule has 0 spiro atoms. The smallest absolute Gasteiger partial charge is 0.0332 e. The predicted molar refractivity (Wildman–Crippen MR) is 106 cm³/mol. The average molecular weight is 338 g/mol. The van der Waals surface area contributed by atoms with Gasteiger partial charge in [-0.3, -0.25) is 14.7 Å². The Kier molecular flexibility index (Phi) is 6.42. The summed E-state index contributed by atoms with van der Waals surface area (Å²) < 4.78 is 0. The molecule has 0 atom stereocenters. The first kappa shape index (κ1) is 20.2. The summed E-state index contributed by atoms with van der Waals surface area (Å²) >= 11 is 0. The molecule has 142 valence electrons. The van der Waals surface area contributed by atoms with Crippen molar-refractivity contribution >= 4 is 0 Å². The Morgan fingerprint density at radius 2 is 1.08 bits per heavy atom. The SMILES string of the molecule is CC(C)C1CCN(C(C)(C)C(C)(C)N2CCN(C(C)C)CC2)CC1. The second kappa shape index (κ2) is 7.63. The van der Waals surface area contributed by atoms with Crippen LogP contribution in [0.3, 0.4) is 0 Å². The van der Waals surface area contributed by atoms with Crippen LogP contribution in [0, 0.1) is 11.8 Å². The summed E-state index contributed by atoms with van der Waals surface area (Å²) in [6.45, 7) is 26.7. The van der Waals surface area contributed by atoms with E-state index in [2.05, 4.69) is 70.1 Å². The minimum Gasteiger partial charge on any atom is -0.298 e. The highest BCUT2D eigenvalue weighted by molar-refractivity contribution is 5.04. The number of hydrogen-bond donors (Lipinski definition) is 0. The van der Waals surface area contributed by atoms with E-state index in [1.807, 2.05) is 0 Å². The Bertz CT molecular complexity index is 346. The lowest BCUT2D eigenvalue weighted by atomic mass is 9.76. The molecule has 0 amide bonds. The molecule has 2 aliphatic heterocycles. The van der Waals surface area contributed by atoms with Crippen LogP contribution in [0.25, 0.3) is 0 Å². The minimum atomic E-state index is 0.209. The molecule has 0 radical (unpaired) electrons. The van der Waals surface area contributed by atoms with Gasteiger partial charge in [0.05, 0.1) is 0 Å². The number of nitrogens with zero attached hydrogens (tertiary/aromatic N) is 3. The lowest BCUT2D eigenvalue weighted by Crippen LogP contribution is -2.69. The van der Waals surface area contributed by atoms with Gasteiger partial charge in [-0.25, -0.2) is 0 Å². The summed E-state index contributed by atoms with van der Waals surface area (Å²) in [5, 5.41) is 0. The Balaban J connectivity index is 1.99. The zero-order valence-corrected chi connectivity index (χ0v) is 17.7. The fourth-order valence-corrected chi connectivity index (χ4v) is 4.70. The van der Waals surface area contributed by atoms with Gasteiger partial charge in [0.15, 0.2) is 0 Å². The third-order valence-electron chi connectivity index (χ3n) is 7.61. The van der Waals surface area contributed by atoms with Crippen molar-refractivity contribution in [1.29, 1.82) is 0 Å². The Morgan fingerprint density at radius 1 is 0.667 bits per heavy atom. The molecule has 3 nitrogen and oxygen atoms in total. The molecule has 2 saturated heterocycles. The summed E-state index contributed by atoms with van der Waals surface area (Å²) in [5.41, 5.74) is 0.426. The van der Waals surface area contributed by atoms with Crippen LogP contribution in [-0.2, 0) is 0 Å². The normalized spacial score (nSPS) is 24.2. The second-order valence-corrected chi connectivity index (χ2v) is 9.80. The van der Waals surface area contributed by atoms with E-state index in [-0.39, 0.29) is 11.1 Å². The summed E-state index contributed by atoms with van der Waals surface area (Å²) in [7, 11) is 0.